The number of hydrogen-bond acceptors (Lipinski definition) is 2. The number of aromatic nitrogens is 1. The van der Waals surface area contributed by atoms with E-state index < -0.39 is 11.9 Å². The van der Waals surface area contributed by atoms with Crippen LogP contribution in [0.25, 0.3) is 0 Å². The number of amides is 1. The van der Waals surface area contributed by atoms with Crippen LogP contribution < -0.4 is 5.32 Å². The molecule has 1 aromatic rings. The van der Waals surface area contributed by atoms with Crippen LogP contribution in [0.2, 0.25) is 5.02 Å². The van der Waals surface area contributed by atoms with Crippen molar-refractivity contribution in [2.24, 2.45) is 13.0 Å². The second kappa shape index (κ2) is 6.98. The van der Waals surface area contributed by atoms with Crippen LogP contribution in [0.3, 0.4) is 0 Å². The third-order valence-corrected chi connectivity index (χ3v) is 4.31. The molecule has 1 aliphatic carbocycles. The Hall–Kier alpha value is -1.49. The Balaban J connectivity index is 2.11. The Bertz CT molecular complexity index is 527. The molecule has 2 rings (SSSR count). The van der Waals surface area contributed by atoms with Gasteiger partial charge in [0.15, 0.2) is 0 Å². The molecule has 0 spiro atoms. The lowest BCUT2D eigenvalue weighted by Gasteiger charge is -2.27. The first-order valence-electron chi connectivity index (χ1n) is 7.34. The smallest absolute Gasteiger partial charge is 0.308 e. The summed E-state index contributed by atoms with van der Waals surface area (Å²) in [5.74, 6) is -1.60. The zero-order chi connectivity index (χ0) is 15.4. The summed E-state index contributed by atoms with van der Waals surface area (Å²) in [6, 6.07) is 1.28. The standard InChI is InChI=1S/C15H21ClN2O3/c1-18-9-10(16)8-13(18)14(19)17-12-7-5-3-2-4-6-11(12)15(20)21/h8-9,11-12H,2-7H2,1H3,(H,17,19)(H,20,21). The number of aryl methyl sites for hydroxylation is 1. The van der Waals surface area contributed by atoms with E-state index in [-0.39, 0.29) is 11.9 Å². The lowest BCUT2D eigenvalue weighted by Crippen LogP contribution is -2.44. The number of nitrogens with one attached hydrogen (secondary N) is 1. The monoisotopic (exact) mass is 312 g/mol. The Labute approximate surface area is 129 Å². The largest absolute Gasteiger partial charge is 0.481 e. The van der Waals surface area contributed by atoms with Crippen LogP contribution in [-0.2, 0) is 11.8 Å². The molecule has 2 unspecified atom stereocenters. The molecule has 5 nitrogen and oxygen atoms in total. The van der Waals surface area contributed by atoms with Gasteiger partial charge in [0.05, 0.1) is 10.9 Å². The second-order valence-electron chi connectivity index (χ2n) is 5.67. The van der Waals surface area contributed by atoms with Gasteiger partial charge in [-0.2, -0.15) is 0 Å². The molecular formula is C15H21ClN2O3. The third kappa shape index (κ3) is 4.00. The Kier molecular flexibility index (Phi) is 5.28. The number of hydrogen-bond donors (Lipinski definition) is 2. The maximum absolute atomic E-state index is 12.3. The summed E-state index contributed by atoms with van der Waals surface area (Å²) >= 11 is 5.88. The molecule has 0 bridgehead atoms. The molecule has 21 heavy (non-hydrogen) atoms. The minimum Gasteiger partial charge on any atom is -0.481 e. The summed E-state index contributed by atoms with van der Waals surface area (Å²) in [7, 11) is 1.74. The fourth-order valence-electron chi connectivity index (χ4n) is 2.95. The highest BCUT2D eigenvalue weighted by atomic mass is 35.5. The number of carbonyl (C=O) groups excluding carboxylic acids is 1. The van der Waals surface area contributed by atoms with Gasteiger partial charge in [0, 0.05) is 19.3 Å². The number of carbonyl (C=O) groups is 2. The average molecular weight is 313 g/mol. The molecule has 116 valence electrons. The first-order chi connectivity index (χ1) is 9.99. The number of nitrogens with zero attached hydrogens (tertiary/aromatic N) is 1. The van der Waals surface area contributed by atoms with Crippen LogP contribution in [0, 0.1) is 5.92 Å². The van der Waals surface area contributed by atoms with Gasteiger partial charge in [-0.25, -0.2) is 0 Å². The van der Waals surface area contributed by atoms with Crippen LogP contribution in [0.4, 0.5) is 0 Å². The van der Waals surface area contributed by atoms with Crippen molar-refractivity contribution in [1.82, 2.24) is 9.88 Å². The van der Waals surface area contributed by atoms with Crippen molar-refractivity contribution in [3.63, 3.8) is 0 Å². The van der Waals surface area contributed by atoms with E-state index in [1.807, 2.05) is 0 Å². The maximum atomic E-state index is 12.3. The van der Waals surface area contributed by atoms with Gasteiger partial charge < -0.3 is 15.0 Å². The minimum atomic E-state index is -0.827. The average Bonchev–Trinajstić information content (AvgIpc) is 2.71. The van der Waals surface area contributed by atoms with Crippen LogP contribution in [0.5, 0.6) is 0 Å². The number of rotatable bonds is 3. The van der Waals surface area contributed by atoms with Gasteiger partial charge in [-0.15, -0.1) is 0 Å². The van der Waals surface area contributed by atoms with Gasteiger partial charge in [0.1, 0.15) is 5.69 Å². The maximum Gasteiger partial charge on any atom is 0.308 e. The molecule has 1 heterocycles. The lowest BCUT2D eigenvalue weighted by atomic mass is 9.86. The molecule has 2 atom stereocenters. The van der Waals surface area contributed by atoms with Crippen LogP contribution in [0.15, 0.2) is 12.3 Å². The van der Waals surface area contributed by atoms with Crippen molar-refractivity contribution in [2.75, 3.05) is 0 Å². The van der Waals surface area contributed by atoms with E-state index in [0.717, 1.165) is 25.7 Å². The highest BCUT2D eigenvalue weighted by Gasteiger charge is 2.30. The number of aliphatic carboxylic acids is 1. The normalized spacial score (nSPS) is 23.1. The topological polar surface area (TPSA) is 71.3 Å². The zero-order valence-electron chi connectivity index (χ0n) is 12.1. The van der Waals surface area contributed by atoms with Crippen molar-refractivity contribution in [3.8, 4) is 0 Å². The van der Waals surface area contributed by atoms with Gasteiger partial charge in [0.2, 0.25) is 0 Å². The van der Waals surface area contributed by atoms with Gasteiger partial charge in [-0.3, -0.25) is 9.59 Å². The van der Waals surface area contributed by atoms with Gasteiger partial charge >= 0.3 is 5.97 Å². The minimum absolute atomic E-state index is 0.263. The van der Waals surface area contributed by atoms with Crippen molar-refractivity contribution < 1.29 is 14.7 Å². The molecule has 1 amide bonds. The second-order valence-corrected chi connectivity index (χ2v) is 6.11. The van der Waals surface area contributed by atoms with Crippen LogP contribution >= 0.6 is 11.6 Å². The van der Waals surface area contributed by atoms with Gasteiger partial charge in [-0.1, -0.05) is 37.3 Å². The third-order valence-electron chi connectivity index (χ3n) is 4.10. The summed E-state index contributed by atoms with van der Waals surface area (Å²) in [4.78, 5) is 23.8. The molecule has 0 aromatic carbocycles. The van der Waals surface area contributed by atoms with E-state index >= 15 is 0 Å². The predicted octanol–water partition coefficient (Wildman–Crippen LogP) is 2.83. The molecule has 0 aliphatic heterocycles. The molecule has 6 heteroatoms. The summed E-state index contributed by atoms with van der Waals surface area (Å²) in [5.41, 5.74) is 0.450. The highest BCUT2D eigenvalue weighted by molar-refractivity contribution is 6.31. The molecular weight excluding hydrogens is 292 g/mol. The number of halogens is 1. The Morgan fingerprint density at radius 2 is 1.95 bits per heavy atom. The molecule has 0 radical (unpaired) electrons. The Morgan fingerprint density at radius 3 is 2.52 bits per heavy atom. The zero-order valence-corrected chi connectivity index (χ0v) is 12.9. The van der Waals surface area contributed by atoms with Crippen LogP contribution in [0.1, 0.15) is 49.0 Å². The summed E-state index contributed by atoms with van der Waals surface area (Å²) < 4.78 is 1.65. The lowest BCUT2D eigenvalue weighted by molar-refractivity contribution is -0.143. The van der Waals surface area contributed by atoms with Gasteiger partial charge in [0.25, 0.3) is 5.91 Å². The predicted molar refractivity (Wildman–Crippen MR) is 80.5 cm³/mol. The molecule has 1 aliphatic rings. The molecule has 1 aromatic heterocycles. The van der Waals surface area contributed by atoms with E-state index in [0.29, 0.717) is 23.6 Å². The van der Waals surface area contributed by atoms with Crippen LogP contribution in [-0.4, -0.2) is 27.6 Å². The fourth-order valence-corrected chi connectivity index (χ4v) is 3.19. The summed E-state index contributed by atoms with van der Waals surface area (Å²) in [5, 5.41) is 12.8. The van der Waals surface area contributed by atoms with Crippen molar-refractivity contribution >= 4 is 23.5 Å². The highest BCUT2D eigenvalue weighted by Crippen LogP contribution is 2.24. The van der Waals surface area contributed by atoms with E-state index in [2.05, 4.69) is 5.32 Å². The van der Waals surface area contributed by atoms with Crippen molar-refractivity contribution in [3.05, 3.63) is 23.0 Å². The molecule has 1 fully saturated rings. The van der Waals surface area contributed by atoms with Crippen molar-refractivity contribution in [1.29, 1.82) is 0 Å². The fraction of sp³-hybridized carbons (Fsp3) is 0.600. The quantitative estimate of drug-likeness (QED) is 0.901. The summed E-state index contributed by atoms with van der Waals surface area (Å²) in [6.07, 6.45) is 6.99. The SMILES string of the molecule is Cn1cc(Cl)cc1C(=O)NC1CCCCCCC1C(=O)O. The van der Waals surface area contributed by atoms with E-state index in [1.54, 1.807) is 23.9 Å². The van der Waals surface area contributed by atoms with E-state index in [1.165, 1.54) is 0 Å². The molecule has 2 N–H and O–H groups in total. The van der Waals surface area contributed by atoms with E-state index in [9.17, 15) is 14.7 Å². The molecule has 1 saturated carbocycles. The number of carboxylic acid groups (broad SMARTS) is 1. The number of carboxylic acids is 1. The van der Waals surface area contributed by atoms with Gasteiger partial charge in [-0.05, 0) is 18.9 Å². The first kappa shape index (κ1) is 15.9. The molecule has 0 saturated heterocycles. The van der Waals surface area contributed by atoms with E-state index in [4.69, 9.17) is 11.6 Å². The summed E-state index contributed by atoms with van der Waals surface area (Å²) in [6.45, 7) is 0. The Morgan fingerprint density at radius 1 is 1.29 bits per heavy atom. The van der Waals surface area contributed by atoms with Crippen molar-refractivity contribution in [2.45, 2.75) is 44.6 Å². The first-order valence-corrected chi connectivity index (χ1v) is 7.72.